The maximum absolute atomic E-state index is 13.5. The molecule has 0 saturated carbocycles. The summed E-state index contributed by atoms with van der Waals surface area (Å²) in [5.74, 6) is 3.62. The Hall–Kier alpha value is -1.40. The summed E-state index contributed by atoms with van der Waals surface area (Å²) in [5, 5.41) is 0. The number of fused-ring (bicyclic) bond motifs is 1. The zero-order chi connectivity index (χ0) is 18.6. The quantitative estimate of drug-likeness (QED) is 0.794. The summed E-state index contributed by atoms with van der Waals surface area (Å²) in [4.78, 5) is 18.1. The summed E-state index contributed by atoms with van der Waals surface area (Å²) in [6, 6.07) is 7.88. The highest BCUT2D eigenvalue weighted by atomic mass is 32.2. The minimum atomic E-state index is -0.563. The highest BCUT2D eigenvalue weighted by Gasteiger charge is 2.39. The summed E-state index contributed by atoms with van der Waals surface area (Å²) < 4.78 is 12.1. The maximum Gasteiger partial charge on any atom is 0.267 e. The summed E-state index contributed by atoms with van der Waals surface area (Å²) in [6.07, 6.45) is 4.10. The van der Waals surface area contributed by atoms with Gasteiger partial charge in [-0.3, -0.25) is 4.79 Å². The zero-order valence-electron chi connectivity index (χ0n) is 16.1. The first kappa shape index (κ1) is 18.9. The lowest BCUT2D eigenvalue weighted by Gasteiger charge is -2.39. The molecule has 148 valence electrons. The van der Waals surface area contributed by atoms with Crippen LogP contribution < -0.4 is 9.47 Å². The van der Waals surface area contributed by atoms with Crippen LogP contribution in [0.25, 0.3) is 0 Å². The molecule has 4 rings (SSSR count). The van der Waals surface area contributed by atoms with Gasteiger partial charge in [0.1, 0.15) is 6.10 Å². The predicted molar refractivity (Wildman–Crippen MR) is 109 cm³/mol. The molecule has 6 heteroatoms. The number of carbonyl (C=O) groups excluding carboxylic acids is 1. The lowest BCUT2D eigenvalue weighted by molar-refractivity contribution is -0.146. The number of hydrogen-bond donors (Lipinski definition) is 0. The van der Waals surface area contributed by atoms with Gasteiger partial charge in [0.05, 0.1) is 6.04 Å². The van der Waals surface area contributed by atoms with Gasteiger partial charge in [-0.2, -0.15) is 11.8 Å². The molecule has 0 aromatic heterocycles. The lowest BCUT2D eigenvalue weighted by atomic mass is 10.1. The Bertz CT molecular complexity index is 650. The van der Waals surface area contributed by atoms with Crippen molar-refractivity contribution in [1.82, 2.24) is 9.80 Å². The van der Waals surface area contributed by atoms with E-state index in [-0.39, 0.29) is 18.1 Å². The van der Waals surface area contributed by atoms with Gasteiger partial charge in [0, 0.05) is 18.8 Å². The number of benzene rings is 1. The minimum Gasteiger partial charge on any atom is -0.482 e. The van der Waals surface area contributed by atoms with E-state index in [9.17, 15) is 4.79 Å². The van der Waals surface area contributed by atoms with E-state index in [0.717, 1.165) is 49.9 Å². The third-order valence-electron chi connectivity index (χ3n) is 5.73. The molecule has 1 aromatic rings. The van der Waals surface area contributed by atoms with Crippen molar-refractivity contribution < 1.29 is 14.3 Å². The predicted octanol–water partition coefficient (Wildman–Crippen LogP) is 3.03. The smallest absolute Gasteiger partial charge is 0.267 e. The molecule has 1 aromatic carbocycles. The Kier molecular flexibility index (Phi) is 6.13. The number of hydrogen-bond acceptors (Lipinski definition) is 5. The Morgan fingerprint density at radius 2 is 1.81 bits per heavy atom. The fourth-order valence-electron chi connectivity index (χ4n) is 4.26. The zero-order valence-corrected chi connectivity index (χ0v) is 17.0. The van der Waals surface area contributed by atoms with Crippen LogP contribution in [0, 0.1) is 0 Å². The fraction of sp³-hybridized carbons (Fsp3) is 0.667. The normalized spacial score (nSPS) is 29.2. The molecule has 3 aliphatic heterocycles. The Morgan fingerprint density at radius 3 is 2.59 bits per heavy atom. The molecule has 3 heterocycles. The van der Waals surface area contributed by atoms with Gasteiger partial charge in [0.25, 0.3) is 5.91 Å². The third kappa shape index (κ3) is 4.37. The minimum absolute atomic E-state index is 0.0847. The van der Waals surface area contributed by atoms with Crippen molar-refractivity contribution in [2.45, 2.75) is 50.9 Å². The van der Waals surface area contributed by atoms with Gasteiger partial charge in [-0.05, 0) is 57.2 Å². The number of amides is 1. The third-order valence-corrected chi connectivity index (χ3v) is 6.92. The molecule has 2 fully saturated rings. The van der Waals surface area contributed by atoms with E-state index in [1.165, 1.54) is 19.3 Å². The van der Waals surface area contributed by atoms with Crippen molar-refractivity contribution in [3.63, 3.8) is 0 Å². The molecular weight excluding hydrogens is 360 g/mol. The molecule has 0 bridgehead atoms. The first-order chi connectivity index (χ1) is 13.2. The molecule has 0 aliphatic carbocycles. The molecule has 5 nitrogen and oxygen atoms in total. The van der Waals surface area contributed by atoms with Gasteiger partial charge in [-0.1, -0.05) is 18.6 Å². The van der Waals surface area contributed by atoms with Gasteiger partial charge in [0.15, 0.2) is 11.5 Å². The van der Waals surface area contributed by atoms with E-state index in [0.29, 0.717) is 5.75 Å². The number of piperidine rings is 1. The highest BCUT2D eigenvalue weighted by molar-refractivity contribution is 7.99. The van der Waals surface area contributed by atoms with Gasteiger partial charge >= 0.3 is 0 Å². The monoisotopic (exact) mass is 390 g/mol. The molecule has 3 atom stereocenters. The molecule has 27 heavy (non-hydrogen) atoms. The molecule has 3 aliphatic rings. The first-order valence-electron chi connectivity index (χ1n) is 10.3. The van der Waals surface area contributed by atoms with Crippen LogP contribution in [0.1, 0.15) is 32.6 Å². The Balaban J connectivity index is 1.49. The van der Waals surface area contributed by atoms with Gasteiger partial charge in [0.2, 0.25) is 6.10 Å². The van der Waals surface area contributed by atoms with Crippen molar-refractivity contribution in [1.29, 1.82) is 0 Å². The summed E-state index contributed by atoms with van der Waals surface area (Å²) in [5.41, 5.74) is 0. The Morgan fingerprint density at radius 1 is 1.07 bits per heavy atom. The largest absolute Gasteiger partial charge is 0.482 e. The topological polar surface area (TPSA) is 42.0 Å². The van der Waals surface area contributed by atoms with Crippen LogP contribution in [0.4, 0.5) is 0 Å². The van der Waals surface area contributed by atoms with Crippen molar-refractivity contribution in [2.75, 3.05) is 37.7 Å². The summed E-state index contributed by atoms with van der Waals surface area (Å²) >= 11 is 1.98. The highest BCUT2D eigenvalue weighted by Crippen LogP contribution is 2.34. The SMILES string of the molecule is CC1Oc2ccccc2OC1C(=O)N1CCCSCC1CN1CCCCC1. The van der Waals surface area contributed by atoms with E-state index in [4.69, 9.17) is 9.47 Å². The van der Waals surface area contributed by atoms with Crippen molar-refractivity contribution in [2.24, 2.45) is 0 Å². The average Bonchev–Trinajstić information content (AvgIpc) is 2.93. The van der Waals surface area contributed by atoms with Gasteiger partial charge < -0.3 is 19.3 Å². The van der Waals surface area contributed by atoms with Crippen LogP contribution in [0.15, 0.2) is 24.3 Å². The molecule has 3 unspecified atom stereocenters. The summed E-state index contributed by atoms with van der Waals surface area (Å²) in [6.45, 7) is 6.06. The van der Waals surface area contributed by atoms with E-state index < -0.39 is 6.10 Å². The molecule has 1 amide bonds. The summed E-state index contributed by atoms with van der Waals surface area (Å²) in [7, 11) is 0. The van der Waals surface area contributed by atoms with Crippen molar-refractivity contribution in [3.05, 3.63) is 24.3 Å². The van der Waals surface area contributed by atoms with E-state index >= 15 is 0 Å². The number of carbonyl (C=O) groups is 1. The number of para-hydroxylation sites is 2. The van der Waals surface area contributed by atoms with Crippen molar-refractivity contribution in [3.8, 4) is 11.5 Å². The molecule has 0 N–H and O–H groups in total. The van der Waals surface area contributed by atoms with Crippen LogP contribution >= 0.6 is 11.8 Å². The maximum atomic E-state index is 13.5. The van der Waals surface area contributed by atoms with E-state index in [2.05, 4.69) is 9.80 Å². The van der Waals surface area contributed by atoms with E-state index in [1.54, 1.807) is 0 Å². The standard InChI is InChI=1S/C21H30N2O3S/c1-16-20(26-19-9-4-3-8-18(19)25-16)21(24)23-12-7-13-27-15-17(23)14-22-10-5-2-6-11-22/h3-4,8-9,16-17,20H,2,5-7,10-15H2,1H3. The van der Waals surface area contributed by atoms with E-state index in [1.807, 2.05) is 43.0 Å². The first-order valence-corrected chi connectivity index (χ1v) is 11.4. The second-order valence-corrected chi connectivity index (χ2v) is 8.93. The average molecular weight is 391 g/mol. The number of ether oxygens (including phenoxy) is 2. The van der Waals surface area contributed by atoms with Crippen molar-refractivity contribution >= 4 is 17.7 Å². The number of nitrogens with zero attached hydrogens (tertiary/aromatic N) is 2. The van der Waals surface area contributed by atoms with Crippen LogP contribution in [-0.2, 0) is 4.79 Å². The van der Waals surface area contributed by atoms with Gasteiger partial charge in [-0.15, -0.1) is 0 Å². The fourth-order valence-corrected chi connectivity index (χ4v) is 5.32. The Labute approximate surface area is 166 Å². The van der Waals surface area contributed by atoms with Crippen LogP contribution in [0.5, 0.6) is 11.5 Å². The molecular formula is C21H30N2O3S. The van der Waals surface area contributed by atoms with Crippen LogP contribution in [-0.4, -0.2) is 71.6 Å². The second-order valence-electron chi connectivity index (χ2n) is 7.78. The second kappa shape index (κ2) is 8.74. The molecule has 0 spiro atoms. The number of thioether (sulfide) groups is 1. The van der Waals surface area contributed by atoms with Gasteiger partial charge in [-0.25, -0.2) is 0 Å². The number of likely N-dealkylation sites (tertiary alicyclic amines) is 1. The molecule has 0 radical (unpaired) electrons. The number of rotatable bonds is 3. The lowest BCUT2D eigenvalue weighted by Crippen LogP contribution is -2.56. The van der Waals surface area contributed by atoms with Crippen LogP contribution in [0.2, 0.25) is 0 Å². The van der Waals surface area contributed by atoms with Crippen LogP contribution in [0.3, 0.4) is 0 Å². The molecule has 2 saturated heterocycles.